The summed E-state index contributed by atoms with van der Waals surface area (Å²) in [7, 11) is 0. The summed E-state index contributed by atoms with van der Waals surface area (Å²) in [5, 5.41) is 9.11. The molecule has 0 aliphatic rings. The summed E-state index contributed by atoms with van der Waals surface area (Å²) in [6.07, 6.45) is 0. The van der Waals surface area contributed by atoms with Gasteiger partial charge in [0.25, 0.3) is 0 Å². The summed E-state index contributed by atoms with van der Waals surface area (Å²) in [5.41, 5.74) is 0.0270. The molecule has 0 spiro atoms. The molecule has 1 rings (SSSR count). The Morgan fingerprint density at radius 3 is 2.33 bits per heavy atom. The van der Waals surface area contributed by atoms with E-state index in [1.807, 2.05) is 0 Å². The summed E-state index contributed by atoms with van der Waals surface area (Å²) < 4.78 is 0. The van der Waals surface area contributed by atoms with Crippen LogP contribution in [0.15, 0.2) is 18.2 Å². The summed E-state index contributed by atoms with van der Waals surface area (Å²) in [6.45, 7) is 0. The topological polar surface area (TPSA) is 37.3 Å². The fourth-order valence-corrected chi connectivity index (χ4v) is 1.03. The van der Waals surface area contributed by atoms with Crippen LogP contribution >= 0.6 is 23.2 Å². The number of benzene rings is 1. The van der Waals surface area contributed by atoms with E-state index in [1.54, 1.807) is 0 Å². The van der Waals surface area contributed by atoms with Crippen molar-refractivity contribution in [2.24, 2.45) is 0 Å². The number of aromatic carboxylic acids is 1. The molecule has 1 aromatic rings. The fraction of sp³-hybridized carbons (Fsp3) is 0. The van der Waals surface area contributed by atoms with Gasteiger partial charge in [-0.25, -0.2) is 4.79 Å². The van der Waals surface area contributed by atoms with E-state index in [1.165, 1.54) is 18.2 Å². The van der Waals surface area contributed by atoms with Crippen molar-refractivity contribution in [2.45, 2.75) is 0 Å². The number of hydrogen-bond acceptors (Lipinski definition) is 1. The van der Waals surface area contributed by atoms with E-state index in [0.29, 0.717) is 5.02 Å². The zero-order valence-corrected chi connectivity index (χ0v) is 6.86. The molecular formula is C7H5Cl2KO2. The van der Waals surface area contributed by atoms with E-state index in [2.05, 4.69) is 0 Å². The third-order valence-electron chi connectivity index (χ3n) is 1.16. The molecule has 1 N–H and O–H groups in total. The molecule has 0 aromatic heterocycles. The van der Waals surface area contributed by atoms with Crippen LogP contribution in [0.5, 0.6) is 0 Å². The quantitative estimate of drug-likeness (QED) is 0.751. The van der Waals surface area contributed by atoms with Gasteiger partial charge in [0.05, 0.1) is 10.6 Å². The van der Waals surface area contributed by atoms with E-state index in [4.69, 9.17) is 28.3 Å². The molecule has 1 aromatic carbocycles. The molecule has 60 valence electrons. The molecule has 0 saturated carbocycles. The van der Waals surface area contributed by atoms with Crippen molar-refractivity contribution in [3.05, 3.63) is 33.8 Å². The maximum absolute atomic E-state index is 10.4. The van der Waals surface area contributed by atoms with Crippen LogP contribution in [0.25, 0.3) is 0 Å². The van der Waals surface area contributed by atoms with Crippen LogP contribution in [-0.2, 0) is 0 Å². The first kappa shape index (κ1) is 12.9. The van der Waals surface area contributed by atoms with Crippen LogP contribution in [0.4, 0.5) is 0 Å². The van der Waals surface area contributed by atoms with Gasteiger partial charge >= 0.3 is 57.4 Å². The van der Waals surface area contributed by atoms with Gasteiger partial charge in [0, 0.05) is 5.02 Å². The Balaban J connectivity index is 0.00000121. The Hall–Kier alpha value is 0.906. The first-order valence-corrected chi connectivity index (χ1v) is 3.55. The summed E-state index contributed by atoms with van der Waals surface area (Å²) in [6, 6.07) is 4.30. The third kappa shape index (κ3) is 3.34. The van der Waals surface area contributed by atoms with Crippen LogP contribution in [0, 0.1) is 0 Å². The van der Waals surface area contributed by atoms with E-state index in [9.17, 15) is 4.79 Å². The molecule has 12 heavy (non-hydrogen) atoms. The number of hydrogen-bond donors (Lipinski definition) is 1. The van der Waals surface area contributed by atoms with E-state index >= 15 is 0 Å². The van der Waals surface area contributed by atoms with Gasteiger partial charge in [-0.3, -0.25) is 0 Å². The van der Waals surface area contributed by atoms with Gasteiger partial charge in [-0.1, -0.05) is 23.2 Å². The van der Waals surface area contributed by atoms with Crippen molar-refractivity contribution >= 4 is 80.6 Å². The van der Waals surface area contributed by atoms with Crippen LogP contribution in [-0.4, -0.2) is 62.5 Å². The van der Waals surface area contributed by atoms with Crippen molar-refractivity contribution in [2.75, 3.05) is 0 Å². The molecule has 0 bridgehead atoms. The summed E-state index contributed by atoms with van der Waals surface area (Å²) >= 11 is 11.1. The predicted octanol–water partition coefficient (Wildman–Crippen LogP) is 2.04. The standard InChI is InChI=1S/C7H4Cl2O2.K.H/c8-4-1-2-6(9)5(3-4)7(10)11;;/h1-3H,(H,10,11);;. The minimum atomic E-state index is -1.07. The molecule has 0 aliphatic heterocycles. The molecule has 0 aliphatic carbocycles. The first-order valence-electron chi connectivity index (χ1n) is 2.79. The van der Waals surface area contributed by atoms with Crippen molar-refractivity contribution in [3.63, 3.8) is 0 Å². The Morgan fingerprint density at radius 1 is 1.33 bits per heavy atom. The van der Waals surface area contributed by atoms with Crippen LogP contribution in [0.1, 0.15) is 10.4 Å². The minimum absolute atomic E-state index is 0. The molecule has 0 unspecified atom stereocenters. The second-order valence-corrected chi connectivity index (χ2v) is 2.77. The fourth-order valence-electron chi connectivity index (χ4n) is 0.661. The van der Waals surface area contributed by atoms with Gasteiger partial charge < -0.3 is 5.11 Å². The van der Waals surface area contributed by atoms with E-state index < -0.39 is 5.97 Å². The monoisotopic (exact) mass is 230 g/mol. The van der Waals surface area contributed by atoms with Crippen molar-refractivity contribution in [1.82, 2.24) is 0 Å². The third-order valence-corrected chi connectivity index (χ3v) is 1.72. The number of carboxylic acids is 1. The normalized spacial score (nSPS) is 8.83. The Morgan fingerprint density at radius 2 is 1.92 bits per heavy atom. The average Bonchev–Trinajstić information content (AvgIpc) is 1.94. The number of carbonyl (C=O) groups is 1. The predicted molar refractivity (Wildman–Crippen MR) is 50.6 cm³/mol. The zero-order valence-electron chi connectivity index (χ0n) is 5.34. The molecule has 0 fully saturated rings. The van der Waals surface area contributed by atoms with Gasteiger partial charge in [0.15, 0.2) is 0 Å². The maximum atomic E-state index is 10.4. The van der Waals surface area contributed by atoms with Crippen molar-refractivity contribution in [1.29, 1.82) is 0 Å². The Bertz CT molecular complexity index is 301. The molecule has 0 atom stereocenters. The summed E-state index contributed by atoms with van der Waals surface area (Å²) in [4.78, 5) is 10.4. The zero-order chi connectivity index (χ0) is 8.43. The van der Waals surface area contributed by atoms with Crippen molar-refractivity contribution < 1.29 is 9.90 Å². The van der Waals surface area contributed by atoms with Gasteiger partial charge in [0.1, 0.15) is 0 Å². The molecule has 5 heteroatoms. The SMILES string of the molecule is O=C(O)c1cc(Cl)ccc1Cl.[KH]. The Kier molecular flexibility index (Phi) is 6.02. The molecule has 0 heterocycles. The van der Waals surface area contributed by atoms with E-state index in [-0.39, 0.29) is 62.0 Å². The molecule has 0 amide bonds. The van der Waals surface area contributed by atoms with Gasteiger partial charge in [-0.15, -0.1) is 0 Å². The average molecular weight is 231 g/mol. The van der Waals surface area contributed by atoms with E-state index in [0.717, 1.165) is 0 Å². The molecule has 0 saturated heterocycles. The molecular weight excluding hydrogens is 226 g/mol. The van der Waals surface area contributed by atoms with Crippen LogP contribution in [0.2, 0.25) is 10.0 Å². The van der Waals surface area contributed by atoms with Crippen molar-refractivity contribution in [3.8, 4) is 0 Å². The van der Waals surface area contributed by atoms with Gasteiger partial charge in [-0.05, 0) is 18.2 Å². The first-order chi connectivity index (χ1) is 5.11. The number of carboxylic acid groups (broad SMARTS) is 1. The van der Waals surface area contributed by atoms with Gasteiger partial charge in [-0.2, -0.15) is 0 Å². The summed E-state index contributed by atoms with van der Waals surface area (Å²) in [5.74, 6) is -1.07. The second kappa shape index (κ2) is 5.60. The van der Waals surface area contributed by atoms with Crippen LogP contribution < -0.4 is 0 Å². The van der Waals surface area contributed by atoms with Gasteiger partial charge in [0.2, 0.25) is 0 Å². The Labute approximate surface area is 122 Å². The number of rotatable bonds is 1. The molecule has 0 radical (unpaired) electrons. The molecule has 2 nitrogen and oxygen atoms in total. The van der Waals surface area contributed by atoms with Crippen LogP contribution in [0.3, 0.4) is 0 Å². The second-order valence-electron chi connectivity index (χ2n) is 1.93. The number of halogens is 2.